The van der Waals surface area contributed by atoms with Crippen LogP contribution in [0.25, 0.3) is 10.8 Å². The van der Waals surface area contributed by atoms with E-state index in [4.69, 9.17) is 18.9 Å². The maximum Gasteiger partial charge on any atom is 0.408 e. The van der Waals surface area contributed by atoms with Crippen molar-refractivity contribution in [2.24, 2.45) is 17.8 Å². The Labute approximate surface area is 338 Å². The highest BCUT2D eigenvalue weighted by Crippen LogP contribution is 2.48. The molecule has 3 aliphatic heterocycles. The van der Waals surface area contributed by atoms with Crippen LogP contribution in [0.1, 0.15) is 78.6 Å². The monoisotopic (exact) mass is 827 g/mol. The van der Waals surface area contributed by atoms with E-state index in [-0.39, 0.29) is 49.9 Å². The number of hydrogen-bond donors (Lipinski definition) is 3. The molecule has 4 fully saturated rings. The van der Waals surface area contributed by atoms with Crippen molar-refractivity contribution in [2.45, 2.75) is 113 Å². The van der Waals surface area contributed by atoms with Crippen LogP contribution >= 0.6 is 0 Å². The maximum absolute atomic E-state index is 14.9. The molecule has 316 valence electrons. The van der Waals surface area contributed by atoms with E-state index in [9.17, 15) is 32.0 Å². The Morgan fingerprint density at radius 3 is 2.50 bits per heavy atom. The topological polar surface area (TPSA) is 192 Å². The number of sulfonamides is 1. The van der Waals surface area contributed by atoms with E-state index in [1.165, 1.54) is 18.2 Å². The van der Waals surface area contributed by atoms with Gasteiger partial charge in [-0.15, -0.1) is 0 Å². The average molecular weight is 828 g/mol. The van der Waals surface area contributed by atoms with Crippen molar-refractivity contribution in [2.75, 3.05) is 33.5 Å². The van der Waals surface area contributed by atoms with Gasteiger partial charge in [0.1, 0.15) is 46.5 Å². The van der Waals surface area contributed by atoms with Gasteiger partial charge < -0.3 is 34.5 Å². The molecule has 0 radical (unpaired) electrons. The van der Waals surface area contributed by atoms with Crippen molar-refractivity contribution in [1.29, 1.82) is 0 Å². The van der Waals surface area contributed by atoms with E-state index in [0.717, 1.165) is 11.8 Å². The number of carbonyl (C=O) groups is 4. The lowest BCUT2D eigenvalue weighted by Gasteiger charge is -2.35. The van der Waals surface area contributed by atoms with Crippen LogP contribution in [0.3, 0.4) is 0 Å². The molecular weight excluding hydrogens is 774 g/mol. The first-order valence-corrected chi connectivity index (χ1v) is 21.7. The third kappa shape index (κ3) is 8.34. The quantitative estimate of drug-likeness (QED) is 0.309. The van der Waals surface area contributed by atoms with Gasteiger partial charge in [-0.2, -0.15) is 0 Å². The summed E-state index contributed by atoms with van der Waals surface area (Å²) in [7, 11) is -2.85. The maximum atomic E-state index is 14.9. The second-order valence-electron chi connectivity index (χ2n) is 17.1. The lowest BCUT2D eigenvalue weighted by molar-refractivity contribution is -0.142. The number of halogens is 1. The Kier molecular flexibility index (Phi) is 11.7. The number of nitrogens with one attached hydrogen (secondary N) is 3. The number of allylic oxidation sites excluding steroid dienone is 1. The Morgan fingerprint density at radius 2 is 1.81 bits per heavy atom. The van der Waals surface area contributed by atoms with Gasteiger partial charge in [0, 0.05) is 36.0 Å². The standard InChI is InChI=1S/C41H54FN5O10S/c1-25-9-5-6-10-27-21-41(27,37(50)46-58(52,53)40(24-42)13-14-40)45-34(48)31-20-28(56-35-30-12-8-7-11-29(30)32(54-4)22-43-35)23-47(31)36(49)33(26(2)19-25)44-38(51)57-39(3)15-17-55-18-16-39/h6-8,10-12,22,25-28,31,33H,5,9,13-21,23-24H2,1-4H3,(H,44,51)(H,45,48)(H,46,50)/b10-6-/t25-,26+,27?,28+,31-,33-,41+/m0/s1. The van der Waals surface area contributed by atoms with E-state index >= 15 is 0 Å². The van der Waals surface area contributed by atoms with Crippen molar-refractivity contribution in [3.05, 3.63) is 42.6 Å². The highest BCUT2D eigenvalue weighted by molar-refractivity contribution is 7.91. The number of carbonyl (C=O) groups excluding carboxylic acids is 4. The number of pyridine rings is 1. The number of fused-ring (bicyclic) bond motifs is 3. The summed E-state index contributed by atoms with van der Waals surface area (Å²) in [6, 6.07) is 5.07. The Hall–Kier alpha value is -4.51. The molecule has 2 saturated carbocycles. The molecule has 7 rings (SSSR count). The third-order valence-corrected chi connectivity index (χ3v) is 14.8. The van der Waals surface area contributed by atoms with Gasteiger partial charge in [-0.3, -0.25) is 19.1 Å². The number of amides is 4. The molecule has 5 aliphatic rings. The minimum Gasteiger partial charge on any atom is -0.494 e. The Morgan fingerprint density at radius 1 is 1.09 bits per heavy atom. The summed E-state index contributed by atoms with van der Waals surface area (Å²) in [6.07, 6.45) is 6.89. The van der Waals surface area contributed by atoms with Gasteiger partial charge in [0.25, 0.3) is 5.91 Å². The van der Waals surface area contributed by atoms with E-state index in [0.29, 0.717) is 50.0 Å². The van der Waals surface area contributed by atoms with Crippen LogP contribution in [-0.4, -0.2) is 110 Å². The molecule has 58 heavy (non-hydrogen) atoms. The Bertz CT molecular complexity index is 2060. The largest absolute Gasteiger partial charge is 0.494 e. The van der Waals surface area contributed by atoms with Crippen LogP contribution in [0.4, 0.5) is 9.18 Å². The number of alkyl halides is 1. The number of hydrogen-bond acceptors (Lipinski definition) is 11. The Balaban J connectivity index is 1.21. The van der Waals surface area contributed by atoms with Crippen LogP contribution < -0.4 is 24.8 Å². The number of rotatable bonds is 9. The first-order chi connectivity index (χ1) is 27.6. The molecule has 0 bridgehead atoms. The number of benzene rings is 1. The first kappa shape index (κ1) is 41.6. The molecule has 7 atom stereocenters. The number of alkyl carbamates (subject to hydrolysis) is 1. The number of ether oxygens (including phenoxy) is 4. The second-order valence-corrected chi connectivity index (χ2v) is 19.2. The molecule has 1 unspecified atom stereocenters. The smallest absolute Gasteiger partial charge is 0.408 e. The van der Waals surface area contributed by atoms with Crippen molar-refractivity contribution >= 4 is 44.6 Å². The summed E-state index contributed by atoms with van der Waals surface area (Å²) in [5.74, 6) is -2.22. The summed E-state index contributed by atoms with van der Waals surface area (Å²) in [5.41, 5.74) is -2.45. The third-order valence-electron chi connectivity index (χ3n) is 12.6. The predicted octanol–water partition coefficient (Wildman–Crippen LogP) is 4.09. The number of nitrogens with zero attached hydrogens (tertiary/aromatic N) is 2. The summed E-state index contributed by atoms with van der Waals surface area (Å²) in [4.78, 5) is 62.9. The molecule has 2 saturated heterocycles. The van der Waals surface area contributed by atoms with Gasteiger partial charge >= 0.3 is 6.09 Å². The minimum atomic E-state index is -4.39. The minimum absolute atomic E-state index is 0.0128. The van der Waals surface area contributed by atoms with Gasteiger partial charge in [-0.1, -0.05) is 44.2 Å². The molecule has 4 heterocycles. The normalized spacial score (nSPS) is 31.3. The van der Waals surface area contributed by atoms with Gasteiger partial charge in [-0.25, -0.2) is 22.6 Å². The van der Waals surface area contributed by atoms with E-state index in [2.05, 4.69) is 27.3 Å². The van der Waals surface area contributed by atoms with Crippen LogP contribution in [0.15, 0.2) is 42.6 Å². The van der Waals surface area contributed by atoms with Crippen molar-refractivity contribution in [3.8, 4) is 11.6 Å². The van der Waals surface area contributed by atoms with Crippen LogP contribution in [-0.2, 0) is 33.9 Å². The number of aromatic nitrogens is 1. The zero-order valence-electron chi connectivity index (χ0n) is 33.5. The molecule has 15 nitrogen and oxygen atoms in total. The van der Waals surface area contributed by atoms with Crippen molar-refractivity contribution < 1.29 is 50.9 Å². The summed E-state index contributed by atoms with van der Waals surface area (Å²) in [6.45, 7) is 5.43. The molecule has 2 aliphatic carbocycles. The summed E-state index contributed by atoms with van der Waals surface area (Å²) >= 11 is 0. The summed E-state index contributed by atoms with van der Waals surface area (Å²) in [5, 5.41) is 7.10. The van der Waals surface area contributed by atoms with E-state index < -0.39 is 80.5 Å². The van der Waals surface area contributed by atoms with Crippen LogP contribution in [0.2, 0.25) is 0 Å². The number of methoxy groups -OCH3 is 1. The SMILES string of the molecule is COc1cnc(O[C@@H]2C[C@H]3C(=O)N[C@]4(C(=O)NS(=O)(=O)C5(CF)CC5)CC4/C=C\CC[C@H](C)C[C@@H](C)[C@H](NC(=O)OC4(C)CCOCC4)C(=O)N3C2)c2ccccc12. The fourth-order valence-electron chi connectivity index (χ4n) is 8.59. The fourth-order valence-corrected chi connectivity index (χ4v) is 10.0. The van der Waals surface area contributed by atoms with Gasteiger partial charge in [0.05, 0.1) is 33.1 Å². The molecule has 4 amide bonds. The van der Waals surface area contributed by atoms with Crippen molar-refractivity contribution in [3.63, 3.8) is 0 Å². The van der Waals surface area contributed by atoms with Crippen LogP contribution in [0.5, 0.6) is 11.6 Å². The summed E-state index contributed by atoms with van der Waals surface area (Å²) < 4.78 is 64.1. The predicted molar refractivity (Wildman–Crippen MR) is 210 cm³/mol. The molecule has 0 spiro atoms. The molecule has 2 aromatic rings. The van der Waals surface area contributed by atoms with Gasteiger partial charge in [-0.05, 0) is 63.4 Å². The molecule has 1 aromatic carbocycles. The first-order valence-electron chi connectivity index (χ1n) is 20.2. The lowest BCUT2D eigenvalue weighted by atomic mass is 9.88. The molecular formula is C41H54FN5O10S. The molecule has 1 aromatic heterocycles. The highest BCUT2D eigenvalue weighted by atomic mass is 32.2. The fraction of sp³-hybridized carbons (Fsp3) is 0.634. The molecule has 3 N–H and O–H groups in total. The van der Waals surface area contributed by atoms with E-state index in [1.54, 1.807) is 0 Å². The highest BCUT2D eigenvalue weighted by Gasteiger charge is 2.64. The van der Waals surface area contributed by atoms with Gasteiger partial charge in [0.15, 0.2) is 0 Å². The van der Waals surface area contributed by atoms with Crippen LogP contribution in [0, 0.1) is 17.8 Å². The molecule has 17 heteroatoms. The average Bonchev–Trinajstić information content (AvgIpc) is 4.10. The van der Waals surface area contributed by atoms with E-state index in [1.807, 2.05) is 50.3 Å². The lowest BCUT2D eigenvalue weighted by Crippen LogP contribution is -2.59. The zero-order chi connectivity index (χ0) is 41.5. The van der Waals surface area contributed by atoms with Crippen molar-refractivity contribution in [1.82, 2.24) is 25.2 Å². The second kappa shape index (κ2) is 16.3. The van der Waals surface area contributed by atoms with Gasteiger partial charge in [0.2, 0.25) is 27.7 Å². The zero-order valence-corrected chi connectivity index (χ0v) is 34.3.